The van der Waals surface area contributed by atoms with Gasteiger partial charge < -0.3 is 15.2 Å². The molecule has 2 N–H and O–H groups in total. The highest BCUT2D eigenvalue weighted by molar-refractivity contribution is 7.89. The first kappa shape index (κ1) is 30.1. The number of pyridine rings is 2. The molecule has 232 valence electrons. The van der Waals surface area contributed by atoms with Crippen LogP contribution in [0.4, 0.5) is 0 Å². The van der Waals surface area contributed by atoms with Crippen molar-refractivity contribution < 1.29 is 23.1 Å². The van der Waals surface area contributed by atoms with E-state index in [0.29, 0.717) is 36.4 Å². The summed E-state index contributed by atoms with van der Waals surface area (Å²) in [6.07, 6.45) is 3.30. The molecule has 1 spiro atoms. The van der Waals surface area contributed by atoms with Crippen molar-refractivity contribution >= 4 is 27.0 Å². The smallest absolute Gasteiger partial charge is 0.310 e. The number of carbonyl (C=O) groups is 1. The van der Waals surface area contributed by atoms with Crippen molar-refractivity contribution in [2.24, 2.45) is 5.41 Å². The van der Waals surface area contributed by atoms with E-state index < -0.39 is 32.9 Å². The van der Waals surface area contributed by atoms with Crippen LogP contribution in [0.5, 0.6) is 5.88 Å². The summed E-state index contributed by atoms with van der Waals surface area (Å²) in [4.78, 5) is 21.8. The standard InChI is InChI=1S/C31H37N7O5S/c1-7-38-24-9-8-22(20(4)27(24)35-36-38)26(30(5,6)29(39)40)23-11-21(19(3)13-33-23)14-37-17-31(15-32-16-31)43-28-25(44(37,41)42)10-18(2)12-34-28/h8-13,26,32H,7,14-17H2,1-6H3,(H,39,40)/t26-/m1/s1. The summed E-state index contributed by atoms with van der Waals surface area (Å²) in [7, 11) is -3.98. The third kappa shape index (κ3) is 4.83. The summed E-state index contributed by atoms with van der Waals surface area (Å²) in [6.45, 7) is 12.8. The molecule has 1 aromatic carbocycles. The van der Waals surface area contributed by atoms with E-state index in [1.165, 1.54) is 4.31 Å². The van der Waals surface area contributed by atoms with E-state index in [-0.39, 0.29) is 23.9 Å². The van der Waals surface area contributed by atoms with Gasteiger partial charge in [-0.15, -0.1) is 5.10 Å². The van der Waals surface area contributed by atoms with Crippen molar-refractivity contribution in [1.82, 2.24) is 34.6 Å². The van der Waals surface area contributed by atoms with Crippen molar-refractivity contribution in [2.75, 3.05) is 19.6 Å². The summed E-state index contributed by atoms with van der Waals surface area (Å²) >= 11 is 0. The Labute approximate surface area is 256 Å². The van der Waals surface area contributed by atoms with Gasteiger partial charge in [0.25, 0.3) is 0 Å². The first-order valence-electron chi connectivity index (χ1n) is 14.7. The first-order valence-corrected chi connectivity index (χ1v) is 16.1. The van der Waals surface area contributed by atoms with Crippen LogP contribution in [-0.2, 0) is 27.9 Å². The highest BCUT2D eigenvalue weighted by Crippen LogP contribution is 2.44. The van der Waals surface area contributed by atoms with Crippen LogP contribution in [0.15, 0.2) is 41.6 Å². The van der Waals surface area contributed by atoms with Gasteiger partial charge in [-0.3, -0.25) is 9.78 Å². The van der Waals surface area contributed by atoms with Crippen LogP contribution in [0.2, 0.25) is 0 Å². The average Bonchev–Trinajstić information content (AvgIpc) is 3.35. The van der Waals surface area contributed by atoms with Crippen LogP contribution >= 0.6 is 0 Å². The second-order valence-corrected chi connectivity index (χ2v) is 14.4. The van der Waals surface area contributed by atoms with Crippen LogP contribution in [0.3, 0.4) is 0 Å². The van der Waals surface area contributed by atoms with Gasteiger partial charge in [-0.2, -0.15) is 4.31 Å². The third-order valence-electron chi connectivity index (χ3n) is 8.99. The van der Waals surface area contributed by atoms with Gasteiger partial charge in [0.05, 0.1) is 17.5 Å². The van der Waals surface area contributed by atoms with Gasteiger partial charge in [0.2, 0.25) is 15.9 Å². The number of carboxylic acid groups (broad SMARTS) is 1. The van der Waals surface area contributed by atoms with Crippen molar-refractivity contribution in [3.8, 4) is 5.88 Å². The number of rotatable bonds is 7. The molecular formula is C31H37N7O5S. The molecule has 0 amide bonds. The van der Waals surface area contributed by atoms with Gasteiger partial charge in [0, 0.05) is 50.2 Å². The molecule has 13 heteroatoms. The Morgan fingerprint density at radius 2 is 1.91 bits per heavy atom. The molecule has 0 aliphatic carbocycles. The number of nitrogens with zero attached hydrogens (tertiary/aromatic N) is 6. The minimum Gasteiger partial charge on any atom is -0.481 e. The molecule has 2 aliphatic rings. The summed E-state index contributed by atoms with van der Waals surface area (Å²) in [5.41, 5.74) is 3.96. The number of hydrogen-bond acceptors (Lipinski definition) is 9. The van der Waals surface area contributed by atoms with Crippen molar-refractivity contribution in [3.63, 3.8) is 0 Å². The Bertz CT molecular complexity index is 1900. The number of aliphatic carboxylic acids is 1. The van der Waals surface area contributed by atoms with Crippen LogP contribution in [0, 0.1) is 26.2 Å². The van der Waals surface area contributed by atoms with Gasteiger partial charge >= 0.3 is 5.97 Å². The van der Waals surface area contributed by atoms with E-state index in [9.17, 15) is 18.3 Å². The molecule has 3 aromatic heterocycles. The molecule has 5 heterocycles. The minimum atomic E-state index is -3.98. The number of hydrogen-bond donors (Lipinski definition) is 2. The Morgan fingerprint density at radius 1 is 1.16 bits per heavy atom. The molecule has 2 aliphatic heterocycles. The van der Waals surface area contributed by atoms with Gasteiger partial charge in [0.1, 0.15) is 16.0 Å². The molecule has 1 saturated heterocycles. The highest BCUT2D eigenvalue weighted by Gasteiger charge is 2.48. The number of ether oxygens (including phenoxy) is 1. The van der Waals surface area contributed by atoms with Gasteiger partial charge in [0.15, 0.2) is 0 Å². The SMILES string of the molecule is CCn1nnc2c(C)c([C@H](c3cc(CN4CC5(CNC5)Oc5ncc(C)cc5S4(=O)=O)c(C)cn3)C(C)(C)C(=O)O)ccc21. The lowest BCUT2D eigenvalue weighted by atomic mass is 9.71. The van der Waals surface area contributed by atoms with Crippen molar-refractivity contribution in [2.45, 2.75) is 71.0 Å². The summed E-state index contributed by atoms with van der Waals surface area (Å²) in [5, 5.41) is 22.2. The Morgan fingerprint density at radius 3 is 2.57 bits per heavy atom. The molecule has 0 bridgehead atoms. The van der Waals surface area contributed by atoms with Crippen molar-refractivity contribution in [3.05, 3.63) is 70.2 Å². The largest absolute Gasteiger partial charge is 0.481 e. The van der Waals surface area contributed by atoms with Crippen LogP contribution in [0.25, 0.3) is 11.0 Å². The maximum Gasteiger partial charge on any atom is 0.310 e. The van der Waals surface area contributed by atoms with E-state index in [0.717, 1.165) is 27.8 Å². The number of aryl methyl sites for hydroxylation is 4. The summed E-state index contributed by atoms with van der Waals surface area (Å²) in [5.74, 6) is -1.52. The average molecular weight is 620 g/mol. The van der Waals surface area contributed by atoms with E-state index in [4.69, 9.17) is 9.72 Å². The lowest BCUT2D eigenvalue weighted by molar-refractivity contribution is -0.147. The van der Waals surface area contributed by atoms with Gasteiger partial charge in [-0.05, 0) is 87.6 Å². The maximum absolute atomic E-state index is 14.1. The van der Waals surface area contributed by atoms with Gasteiger partial charge in [-0.1, -0.05) is 11.3 Å². The summed E-state index contributed by atoms with van der Waals surface area (Å²) < 4.78 is 37.6. The summed E-state index contributed by atoms with van der Waals surface area (Å²) in [6, 6.07) is 7.30. The van der Waals surface area contributed by atoms with Crippen LogP contribution in [-0.4, -0.2) is 74.0 Å². The fraction of sp³-hybridized carbons (Fsp3) is 0.452. The quantitative estimate of drug-likeness (QED) is 0.315. The predicted molar refractivity (Wildman–Crippen MR) is 163 cm³/mol. The highest BCUT2D eigenvalue weighted by atomic mass is 32.2. The number of benzene rings is 1. The molecule has 0 saturated carbocycles. The molecular weight excluding hydrogens is 582 g/mol. The molecule has 1 fully saturated rings. The number of fused-ring (bicyclic) bond motifs is 2. The van der Waals surface area contributed by atoms with E-state index in [1.54, 1.807) is 43.9 Å². The third-order valence-corrected chi connectivity index (χ3v) is 10.8. The number of nitrogens with one attached hydrogen (secondary N) is 1. The maximum atomic E-state index is 14.1. The second-order valence-electron chi connectivity index (χ2n) is 12.5. The van der Waals surface area contributed by atoms with Crippen molar-refractivity contribution in [1.29, 1.82) is 0 Å². The fourth-order valence-electron chi connectivity index (χ4n) is 6.18. The number of carboxylic acids is 1. The predicted octanol–water partition coefficient (Wildman–Crippen LogP) is 3.33. The lowest BCUT2D eigenvalue weighted by Crippen LogP contribution is -2.67. The second kappa shape index (κ2) is 10.6. The molecule has 12 nitrogen and oxygen atoms in total. The Kier molecular flexibility index (Phi) is 7.25. The van der Waals surface area contributed by atoms with E-state index in [2.05, 4.69) is 20.6 Å². The Balaban J connectivity index is 1.46. The zero-order chi connectivity index (χ0) is 31.6. The van der Waals surface area contributed by atoms with Gasteiger partial charge in [-0.25, -0.2) is 18.1 Å². The van der Waals surface area contributed by atoms with E-state index in [1.807, 2.05) is 39.0 Å². The fourth-order valence-corrected chi connectivity index (χ4v) is 7.82. The molecule has 6 rings (SSSR count). The van der Waals surface area contributed by atoms with Crippen LogP contribution in [0.1, 0.15) is 60.2 Å². The Hall–Kier alpha value is -3.94. The first-order chi connectivity index (χ1) is 20.8. The molecule has 44 heavy (non-hydrogen) atoms. The molecule has 1 atom stereocenters. The minimum absolute atomic E-state index is 0.0437. The number of sulfonamides is 1. The van der Waals surface area contributed by atoms with E-state index >= 15 is 0 Å². The topological polar surface area (TPSA) is 152 Å². The zero-order valence-electron chi connectivity index (χ0n) is 25.7. The zero-order valence-corrected chi connectivity index (χ0v) is 26.6. The number of aromatic nitrogens is 5. The lowest BCUT2D eigenvalue weighted by Gasteiger charge is -2.42. The molecule has 0 radical (unpaired) electrons. The van der Waals surface area contributed by atoms with Crippen LogP contribution < -0.4 is 10.1 Å². The molecule has 0 unspecified atom stereocenters. The molecule has 4 aromatic rings. The monoisotopic (exact) mass is 619 g/mol. The normalized spacial score (nSPS) is 18.3.